The van der Waals surface area contributed by atoms with Crippen LogP contribution in [0.25, 0.3) is 0 Å². The van der Waals surface area contributed by atoms with Crippen molar-refractivity contribution in [3.05, 3.63) is 35.4 Å². The molecule has 5 rings (SSSR count). The number of carbonyl (C=O) groups is 1. The second-order valence-corrected chi connectivity index (χ2v) is 10.2. The van der Waals surface area contributed by atoms with Crippen molar-refractivity contribution in [2.45, 2.75) is 69.7 Å². The summed E-state index contributed by atoms with van der Waals surface area (Å²) in [7, 11) is 0. The fourth-order valence-electron chi connectivity index (χ4n) is 5.22. The summed E-state index contributed by atoms with van der Waals surface area (Å²) in [4.78, 5) is 22.7. The first kappa shape index (κ1) is 20.0. The number of hydrogen-bond donors (Lipinski definition) is 0. The fraction of sp³-hybridized carbons (Fsp3) is 0.667. The van der Waals surface area contributed by atoms with Crippen LogP contribution in [0.5, 0.6) is 0 Å². The Kier molecular flexibility index (Phi) is 4.88. The molecule has 1 unspecified atom stereocenters. The lowest BCUT2D eigenvalue weighted by Crippen LogP contribution is -2.63. The van der Waals surface area contributed by atoms with Gasteiger partial charge in [-0.2, -0.15) is 0 Å². The van der Waals surface area contributed by atoms with E-state index in [-0.39, 0.29) is 24.9 Å². The van der Waals surface area contributed by atoms with Crippen LogP contribution in [-0.4, -0.2) is 58.9 Å². The Morgan fingerprint density at radius 1 is 1.23 bits per heavy atom. The Bertz CT molecular complexity index is 843. The van der Waals surface area contributed by atoms with Crippen LogP contribution in [0.15, 0.2) is 29.4 Å². The molecular weight excluding hydrogens is 381 g/mol. The lowest BCUT2D eigenvalue weighted by Gasteiger charge is -2.44. The average molecular weight is 414 g/mol. The van der Waals surface area contributed by atoms with Crippen LogP contribution >= 0.6 is 0 Å². The summed E-state index contributed by atoms with van der Waals surface area (Å²) < 4.78 is 14.6. The minimum atomic E-state index is -1.15. The number of alkyl halides is 1. The van der Waals surface area contributed by atoms with E-state index in [2.05, 4.69) is 48.2 Å². The fourth-order valence-corrected chi connectivity index (χ4v) is 5.22. The van der Waals surface area contributed by atoms with Gasteiger partial charge < -0.3 is 9.74 Å². The van der Waals surface area contributed by atoms with Crippen LogP contribution < -0.4 is 0 Å². The van der Waals surface area contributed by atoms with Crippen LogP contribution in [0.2, 0.25) is 0 Å². The van der Waals surface area contributed by atoms with E-state index in [4.69, 9.17) is 4.84 Å². The third-order valence-electron chi connectivity index (χ3n) is 7.26. The smallest absolute Gasteiger partial charge is 0.272 e. The van der Waals surface area contributed by atoms with Crippen LogP contribution in [0.3, 0.4) is 0 Å². The van der Waals surface area contributed by atoms with Gasteiger partial charge in [-0.3, -0.25) is 9.69 Å². The lowest BCUT2D eigenvalue weighted by atomic mass is 9.86. The van der Waals surface area contributed by atoms with E-state index in [1.54, 1.807) is 4.90 Å². The van der Waals surface area contributed by atoms with Crippen LogP contribution in [-0.2, 0) is 16.2 Å². The van der Waals surface area contributed by atoms with Crippen molar-refractivity contribution >= 4 is 11.6 Å². The van der Waals surface area contributed by atoms with Crippen LogP contribution in [0.1, 0.15) is 63.0 Å². The predicted octanol–water partition coefficient (Wildman–Crippen LogP) is 3.88. The van der Waals surface area contributed by atoms with Gasteiger partial charge in [0.15, 0.2) is 5.60 Å². The zero-order valence-corrected chi connectivity index (χ0v) is 18.1. The Morgan fingerprint density at radius 2 is 1.97 bits per heavy atom. The number of nitrogens with zero attached hydrogens (tertiary/aromatic N) is 3. The van der Waals surface area contributed by atoms with Gasteiger partial charge in [0, 0.05) is 19.5 Å². The Balaban J connectivity index is 1.16. The van der Waals surface area contributed by atoms with Crippen molar-refractivity contribution in [3.63, 3.8) is 0 Å². The lowest BCUT2D eigenvalue weighted by molar-refractivity contribution is -0.139. The topological polar surface area (TPSA) is 45.1 Å². The van der Waals surface area contributed by atoms with Gasteiger partial charge in [-0.25, -0.2) is 4.39 Å². The predicted molar refractivity (Wildman–Crippen MR) is 114 cm³/mol. The molecule has 0 N–H and O–H groups in total. The van der Waals surface area contributed by atoms with Gasteiger partial charge in [0.05, 0.1) is 13.1 Å². The average Bonchev–Trinajstić information content (AvgIpc) is 3.48. The highest BCUT2D eigenvalue weighted by molar-refractivity contribution is 6.39. The van der Waals surface area contributed by atoms with Crippen molar-refractivity contribution < 1.29 is 14.0 Å². The molecule has 6 heteroatoms. The van der Waals surface area contributed by atoms with E-state index in [1.807, 2.05) is 0 Å². The van der Waals surface area contributed by atoms with E-state index < -0.39 is 11.3 Å². The number of benzene rings is 1. The first-order valence-corrected chi connectivity index (χ1v) is 11.4. The van der Waals surface area contributed by atoms with Gasteiger partial charge in [-0.05, 0) is 55.2 Å². The summed E-state index contributed by atoms with van der Waals surface area (Å²) in [5, 5.41) is 4.17. The highest BCUT2D eigenvalue weighted by Gasteiger charge is 2.56. The Hall–Kier alpha value is -1.95. The maximum atomic E-state index is 14.6. The summed E-state index contributed by atoms with van der Waals surface area (Å²) in [6, 6.07) is 8.85. The maximum Gasteiger partial charge on any atom is 0.272 e. The molecule has 3 fully saturated rings. The molecule has 1 saturated carbocycles. The molecule has 0 aromatic heterocycles. The molecule has 1 aromatic carbocycles. The number of hydrogen-bond acceptors (Lipinski definition) is 4. The molecule has 1 amide bonds. The first-order valence-electron chi connectivity index (χ1n) is 11.4. The van der Waals surface area contributed by atoms with Crippen molar-refractivity contribution in [1.29, 1.82) is 0 Å². The molecule has 5 nitrogen and oxygen atoms in total. The molecule has 3 aliphatic heterocycles. The van der Waals surface area contributed by atoms with Crippen molar-refractivity contribution in [1.82, 2.24) is 9.80 Å². The molecule has 2 saturated heterocycles. The van der Waals surface area contributed by atoms with Crippen molar-refractivity contribution in [2.24, 2.45) is 11.1 Å². The van der Waals surface area contributed by atoms with Gasteiger partial charge in [0.2, 0.25) is 0 Å². The summed E-state index contributed by atoms with van der Waals surface area (Å²) in [6.07, 6.45) is 4.39. The number of halogens is 1. The largest absolute Gasteiger partial charge is 0.387 e. The normalized spacial score (nSPS) is 28.4. The van der Waals surface area contributed by atoms with Crippen LogP contribution in [0, 0.1) is 5.92 Å². The molecule has 0 bridgehead atoms. The quantitative estimate of drug-likeness (QED) is 0.736. The number of rotatable bonds is 5. The second kappa shape index (κ2) is 7.33. The zero-order chi connectivity index (χ0) is 20.9. The summed E-state index contributed by atoms with van der Waals surface area (Å²) in [6.45, 7) is 7.54. The Morgan fingerprint density at radius 3 is 2.63 bits per heavy atom. The molecule has 1 atom stereocenters. The van der Waals surface area contributed by atoms with Gasteiger partial charge in [0.25, 0.3) is 5.91 Å². The van der Waals surface area contributed by atoms with Crippen LogP contribution in [0.4, 0.5) is 4.39 Å². The number of likely N-dealkylation sites (tertiary alicyclic amines) is 2. The van der Waals surface area contributed by atoms with Crippen molar-refractivity contribution in [3.8, 4) is 0 Å². The second-order valence-electron chi connectivity index (χ2n) is 10.2. The minimum Gasteiger partial charge on any atom is -0.387 e. The number of carbonyl (C=O) groups excluding carboxylic acids is 1. The van der Waals surface area contributed by atoms with E-state index in [0.717, 1.165) is 45.3 Å². The molecule has 1 aliphatic carbocycles. The maximum absolute atomic E-state index is 14.6. The highest BCUT2D eigenvalue weighted by atomic mass is 19.1. The third-order valence-corrected chi connectivity index (χ3v) is 7.26. The van der Waals surface area contributed by atoms with Gasteiger partial charge in [-0.1, -0.05) is 43.3 Å². The van der Waals surface area contributed by atoms with E-state index in [9.17, 15) is 9.18 Å². The molecule has 0 radical (unpaired) electrons. The van der Waals surface area contributed by atoms with E-state index in [0.29, 0.717) is 18.1 Å². The summed E-state index contributed by atoms with van der Waals surface area (Å²) in [5.41, 5.74) is 1.56. The molecule has 162 valence electrons. The third kappa shape index (κ3) is 3.75. The minimum absolute atomic E-state index is 0.137. The standard InChI is InChI=1S/C24H32FN3O2/c1-17(2)19-6-4-18(5-7-19)13-27-11-3-10-23(14-27)12-21(26-30-23)22(29)28-15-24(25,16-28)20-8-9-20/h4-7,17,20H,3,8-16H2,1-2H3. The number of amides is 1. The molecule has 3 heterocycles. The summed E-state index contributed by atoms with van der Waals surface area (Å²) in [5.74, 6) is 0.564. The van der Waals surface area contributed by atoms with Crippen molar-refractivity contribution in [2.75, 3.05) is 26.2 Å². The summed E-state index contributed by atoms with van der Waals surface area (Å²) >= 11 is 0. The monoisotopic (exact) mass is 413 g/mol. The molecule has 4 aliphatic rings. The molecule has 1 aromatic rings. The van der Waals surface area contributed by atoms with E-state index in [1.165, 1.54) is 11.1 Å². The van der Waals surface area contributed by atoms with Gasteiger partial charge >= 0.3 is 0 Å². The molecular formula is C24H32FN3O2. The first-order chi connectivity index (χ1) is 14.4. The highest BCUT2D eigenvalue weighted by Crippen LogP contribution is 2.47. The number of piperidine rings is 1. The molecule has 30 heavy (non-hydrogen) atoms. The SMILES string of the molecule is CC(C)c1ccc(CN2CCCC3(CC(C(=O)N4CC(F)(C5CC5)C4)=NO3)C2)cc1. The van der Waals surface area contributed by atoms with Gasteiger partial charge in [-0.15, -0.1) is 0 Å². The molecule has 1 spiro atoms. The van der Waals surface area contributed by atoms with E-state index >= 15 is 0 Å². The Labute approximate surface area is 178 Å². The zero-order valence-electron chi connectivity index (χ0n) is 18.1. The number of oxime groups is 1. The van der Waals surface area contributed by atoms with Gasteiger partial charge in [0.1, 0.15) is 11.4 Å².